The van der Waals surface area contributed by atoms with Gasteiger partial charge in [-0.05, 0) is 61.1 Å². The van der Waals surface area contributed by atoms with E-state index in [1.807, 2.05) is 31.2 Å². The lowest BCUT2D eigenvalue weighted by Gasteiger charge is -2.32. The van der Waals surface area contributed by atoms with Gasteiger partial charge in [-0.25, -0.2) is 14.4 Å². The van der Waals surface area contributed by atoms with Crippen molar-refractivity contribution in [2.45, 2.75) is 32.6 Å². The van der Waals surface area contributed by atoms with E-state index in [4.69, 9.17) is 0 Å². The summed E-state index contributed by atoms with van der Waals surface area (Å²) in [6.45, 7) is 4.99. The molecule has 2 heterocycles. The number of rotatable bonds is 5. The van der Waals surface area contributed by atoms with Crippen molar-refractivity contribution in [3.63, 3.8) is 0 Å². The molecule has 0 atom stereocenters. The fraction of sp³-hybridized carbons (Fsp3) is 0.304. The Morgan fingerprint density at radius 1 is 1.10 bits per heavy atom. The Kier molecular flexibility index (Phi) is 6.06. The van der Waals surface area contributed by atoms with Crippen LogP contribution in [-0.2, 0) is 4.79 Å². The van der Waals surface area contributed by atoms with Gasteiger partial charge in [-0.3, -0.25) is 4.79 Å². The molecule has 1 fully saturated rings. The fourth-order valence-electron chi connectivity index (χ4n) is 3.89. The zero-order chi connectivity index (χ0) is 21.8. The minimum atomic E-state index is -0.189. The number of benzene rings is 2. The lowest BCUT2D eigenvalue weighted by molar-refractivity contribution is -0.114. The quantitative estimate of drug-likeness (QED) is 0.636. The third-order valence-electron chi connectivity index (χ3n) is 5.55. The summed E-state index contributed by atoms with van der Waals surface area (Å²) in [5, 5.41) is 6.04. The van der Waals surface area contributed by atoms with Crippen LogP contribution >= 0.6 is 0 Å². The Morgan fingerprint density at radius 3 is 2.58 bits per heavy atom. The first-order chi connectivity index (χ1) is 15.0. The van der Waals surface area contributed by atoms with Crippen molar-refractivity contribution in [1.82, 2.24) is 15.0 Å². The van der Waals surface area contributed by atoms with Gasteiger partial charge in [0.25, 0.3) is 0 Å². The molecular weight excluding hydrogens is 395 g/mol. The fourth-order valence-corrected chi connectivity index (χ4v) is 3.89. The SMILES string of the molecule is CC(=O)Nc1cccc(Nc2ncnc(N3CCC(c4cccc(F)c4)CC3)n2)c1C. The maximum Gasteiger partial charge on any atom is 0.232 e. The predicted molar refractivity (Wildman–Crippen MR) is 119 cm³/mol. The van der Waals surface area contributed by atoms with E-state index in [1.165, 1.54) is 19.3 Å². The molecule has 7 nitrogen and oxygen atoms in total. The molecule has 4 rings (SSSR count). The molecule has 31 heavy (non-hydrogen) atoms. The van der Waals surface area contributed by atoms with Gasteiger partial charge in [-0.1, -0.05) is 18.2 Å². The molecule has 1 amide bonds. The van der Waals surface area contributed by atoms with Crippen molar-refractivity contribution in [2.75, 3.05) is 28.6 Å². The highest BCUT2D eigenvalue weighted by molar-refractivity contribution is 5.90. The van der Waals surface area contributed by atoms with Crippen molar-refractivity contribution in [3.05, 3.63) is 65.7 Å². The average molecular weight is 420 g/mol. The maximum atomic E-state index is 13.5. The Labute approximate surface area is 180 Å². The second-order valence-electron chi connectivity index (χ2n) is 7.71. The number of halogens is 1. The van der Waals surface area contributed by atoms with Gasteiger partial charge < -0.3 is 15.5 Å². The lowest BCUT2D eigenvalue weighted by atomic mass is 9.89. The number of carbonyl (C=O) groups is 1. The van der Waals surface area contributed by atoms with Crippen LogP contribution in [0.15, 0.2) is 48.8 Å². The number of piperidine rings is 1. The van der Waals surface area contributed by atoms with Crippen LogP contribution < -0.4 is 15.5 Å². The van der Waals surface area contributed by atoms with Gasteiger partial charge in [-0.15, -0.1) is 0 Å². The van der Waals surface area contributed by atoms with Crippen LogP contribution in [0.4, 0.5) is 27.7 Å². The molecular formula is C23H25FN6O. The van der Waals surface area contributed by atoms with E-state index in [-0.39, 0.29) is 11.7 Å². The van der Waals surface area contributed by atoms with Crippen molar-refractivity contribution >= 4 is 29.2 Å². The Bertz CT molecular complexity index is 1080. The standard InChI is InChI=1S/C23H25FN6O/c1-15-20(27-16(2)31)7-4-8-21(15)28-22-25-14-26-23(29-22)30-11-9-17(10-12-30)18-5-3-6-19(24)13-18/h3-8,13-14,17H,9-12H2,1-2H3,(H,27,31)(H,25,26,28,29). The Hall–Kier alpha value is -3.55. The zero-order valence-electron chi connectivity index (χ0n) is 17.6. The highest BCUT2D eigenvalue weighted by atomic mass is 19.1. The number of nitrogens with one attached hydrogen (secondary N) is 2. The van der Waals surface area contributed by atoms with Crippen LogP contribution in [0.5, 0.6) is 0 Å². The topological polar surface area (TPSA) is 83.0 Å². The number of nitrogens with zero attached hydrogens (tertiary/aromatic N) is 4. The molecule has 2 N–H and O–H groups in total. The normalized spacial score (nSPS) is 14.4. The van der Waals surface area contributed by atoms with Crippen LogP contribution in [0.2, 0.25) is 0 Å². The Morgan fingerprint density at radius 2 is 1.84 bits per heavy atom. The van der Waals surface area contributed by atoms with Gasteiger partial charge >= 0.3 is 0 Å². The second kappa shape index (κ2) is 9.07. The summed E-state index contributed by atoms with van der Waals surface area (Å²) < 4.78 is 13.5. The average Bonchev–Trinajstić information content (AvgIpc) is 2.77. The zero-order valence-corrected chi connectivity index (χ0v) is 17.6. The van der Waals surface area contributed by atoms with E-state index in [0.717, 1.165) is 48.4 Å². The summed E-state index contributed by atoms with van der Waals surface area (Å²) in [5.74, 6) is 1.09. The number of amides is 1. The maximum absolute atomic E-state index is 13.5. The molecule has 0 bridgehead atoms. The van der Waals surface area contributed by atoms with Crippen LogP contribution in [-0.4, -0.2) is 33.9 Å². The van der Waals surface area contributed by atoms with Crippen LogP contribution in [0, 0.1) is 12.7 Å². The molecule has 1 aromatic heterocycles. The minimum Gasteiger partial charge on any atom is -0.341 e. The molecule has 2 aromatic carbocycles. The number of carbonyl (C=O) groups excluding carboxylic acids is 1. The van der Waals surface area contributed by atoms with E-state index in [1.54, 1.807) is 12.1 Å². The third-order valence-corrected chi connectivity index (χ3v) is 5.55. The number of anilines is 4. The molecule has 0 saturated carbocycles. The smallest absolute Gasteiger partial charge is 0.232 e. The summed E-state index contributed by atoms with van der Waals surface area (Å²) in [7, 11) is 0. The molecule has 8 heteroatoms. The summed E-state index contributed by atoms with van der Waals surface area (Å²) in [4.78, 5) is 26.7. The molecule has 1 aliphatic heterocycles. The molecule has 160 valence electrons. The van der Waals surface area contributed by atoms with E-state index in [2.05, 4.69) is 30.5 Å². The molecule has 0 aliphatic carbocycles. The molecule has 3 aromatic rings. The van der Waals surface area contributed by atoms with Crippen molar-refractivity contribution in [2.24, 2.45) is 0 Å². The number of hydrogen-bond donors (Lipinski definition) is 2. The van der Waals surface area contributed by atoms with Gasteiger partial charge in [0.05, 0.1) is 0 Å². The van der Waals surface area contributed by atoms with E-state index in [0.29, 0.717) is 17.8 Å². The van der Waals surface area contributed by atoms with E-state index >= 15 is 0 Å². The number of hydrogen-bond acceptors (Lipinski definition) is 6. The highest BCUT2D eigenvalue weighted by Gasteiger charge is 2.23. The summed E-state index contributed by atoms with van der Waals surface area (Å²) in [5.41, 5.74) is 3.50. The first-order valence-electron chi connectivity index (χ1n) is 10.3. The summed E-state index contributed by atoms with van der Waals surface area (Å²) >= 11 is 0. The largest absolute Gasteiger partial charge is 0.341 e. The first-order valence-corrected chi connectivity index (χ1v) is 10.3. The van der Waals surface area contributed by atoms with E-state index < -0.39 is 0 Å². The second-order valence-corrected chi connectivity index (χ2v) is 7.71. The molecule has 0 spiro atoms. The predicted octanol–water partition coefficient (Wildman–Crippen LogP) is 4.41. The number of aromatic nitrogens is 3. The van der Waals surface area contributed by atoms with Crippen molar-refractivity contribution < 1.29 is 9.18 Å². The molecule has 0 unspecified atom stereocenters. The first kappa shape index (κ1) is 20.7. The monoisotopic (exact) mass is 420 g/mol. The minimum absolute atomic E-state index is 0.121. The van der Waals surface area contributed by atoms with Crippen LogP contribution in [0.1, 0.15) is 36.8 Å². The van der Waals surface area contributed by atoms with Crippen molar-refractivity contribution in [3.8, 4) is 0 Å². The Balaban J connectivity index is 1.44. The van der Waals surface area contributed by atoms with Crippen LogP contribution in [0.25, 0.3) is 0 Å². The van der Waals surface area contributed by atoms with Gasteiger partial charge in [-0.2, -0.15) is 4.98 Å². The third kappa shape index (κ3) is 4.96. The highest BCUT2D eigenvalue weighted by Crippen LogP contribution is 2.30. The van der Waals surface area contributed by atoms with Gasteiger partial charge in [0.15, 0.2) is 0 Å². The van der Waals surface area contributed by atoms with Gasteiger partial charge in [0.2, 0.25) is 17.8 Å². The molecule has 0 radical (unpaired) electrons. The molecule has 1 aliphatic rings. The summed E-state index contributed by atoms with van der Waals surface area (Å²) in [6.07, 6.45) is 3.32. The van der Waals surface area contributed by atoms with Gasteiger partial charge in [0.1, 0.15) is 12.1 Å². The lowest BCUT2D eigenvalue weighted by Crippen LogP contribution is -2.34. The molecule has 1 saturated heterocycles. The van der Waals surface area contributed by atoms with Crippen molar-refractivity contribution in [1.29, 1.82) is 0 Å². The summed E-state index contributed by atoms with van der Waals surface area (Å²) in [6, 6.07) is 12.5. The van der Waals surface area contributed by atoms with E-state index in [9.17, 15) is 9.18 Å². The van der Waals surface area contributed by atoms with Gasteiger partial charge in [0, 0.05) is 31.4 Å². The van der Waals surface area contributed by atoms with Crippen LogP contribution in [0.3, 0.4) is 0 Å².